The van der Waals surface area contributed by atoms with E-state index in [0.717, 1.165) is 5.56 Å². The number of carbonyl (C=O) groups excluding carboxylic acids is 1. The van der Waals surface area contributed by atoms with Gasteiger partial charge in [0.05, 0.1) is 12.6 Å². The van der Waals surface area contributed by atoms with Crippen LogP contribution in [0.3, 0.4) is 0 Å². The molecule has 0 fully saturated rings. The quantitative estimate of drug-likeness (QED) is 0.791. The van der Waals surface area contributed by atoms with Crippen molar-refractivity contribution in [3.63, 3.8) is 0 Å². The van der Waals surface area contributed by atoms with E-state index in [-0.39, 0.29) is 18.6 Å². The summed E-state index contributed by atoms with van der Waals surface area (Å²) < 4.78 is 0. The first kappa shape index (κ1) is 13.7. The Bertz CT molecular complexity index is 400. The molecule has 0 spiro atoms. The van der Waals surface area contributed by atoms with Gasteiger partial charge in [-0.3, -0.25) is 4.79 Å². The molecule has 4 heteroatoms. The third-order valence-corrected chi connectivity index (χ3v) is 2.72. The predicted octanol–water partition coefficient (Wildman–Crippen LogP) is 2.24. The van der Waals surface area contributed by atoms with E-state index >= 15 is 0 Å². The Balaban J connectivity index is 2.60. The molecule has 1 atom stereocenters. The summed E-state index contributed by atoms with van der Waals surface area (Å²) in [6, 6.07) is 7.08. The van der Waals surface area contributed by atoms with Crippen molar-refractivity contribution in [2.75, 3.05) is 6.61 Å². The van der Waals surface area contributed by atoms with E-state index in [2.05, 4.69) is 5.32 Å². The van der Waals surface area contributed by atoms with Gasteiger partial charge in [0.2, 0.25) is 5.91 Å². The molecule has 0 saturated carbocycles. The molecule has 3 nitrogen and oxygen atoms in total. The molecule has 17 heavy (non-hydrogen) atoms. The predicted molar refractivity (Wildman–Crippen MR) is 69.8 cm³/mol. The Labute approximate surface area is 106 Å². The monoisotopic (exact) mass is 253 g/mol. The Kier molecular flexibility index (Phi) is 5.73. The third-order valence-electron chi connectivity index (χ3n) is 2.38. The third kappa shape index (κ3) is 4.59. The van der Waals surface area contributed by atoms with E-state index < -0.39 is 0 Å². The number of hydrogen-bond donors (Lipinski definition) is 2. The van der Waals surface area contributed by atoms with E-state index in [9.17, 15) is 4.79 Å². The molecule has 0 saturated heterocycles. The lowest BCUT2D eigenvalue weighted by Gasteiger charge is -2.11. The molecule has 1 aromatic carbocycles. The number of carbonyl (C=O) groups is 1. The summed E-state index contributed by atoms with van der Waals surface area (Å²) in [5, 5.41) is 12.2. The summed E-state index contributed by atoms with van der Waals surface area (Å²) in [6.45, 7) is 1.85. The van der Waals surface area contributed by atoms with Gasteiger partial charge in [0.1, 0.15) is 0 Å². The van der Waals surface area contributed by atoms with Crippen molar-refractivity contribution in [1.29, 1.82) is 0 Å². The number of rotatable bonds is 5. The molecular weight excluding hydrogens is 238 g/mol. The fourth-order valence-corrected chi connectivity index (χ4v) is 1.50. The molecule has 0 aliphatic heterocycles. The Morgan fingerprint density at radius 1 is 1.53 bits per heavy atom. The maximum Gasteiger partial charge on any atom is 0.244 e. The second-order valence-electron chi connectivity index (χ2n) is 3.65. The zero-order valence-corrected chi connectivity index (χ0v) is 10.4. The van der Waals surface area contributed by atoms with E-state index in [4.69, 9.17) is 16.7 Å². The zero-order chi connectivity index (χ0) is 12.7. The maximum atomic E-state index is 11.5. The van der Waals surface area contributed by atoms with Crippen molar-refractivity contribution in [3.05, 3.63) is 40.9 Å². The molecule has 0 radical (unpaired) electrons. The van der Waals surface area contributed by atoms with Crippen LogP contribution in [-0.2, 0) is 4.79 Å². The highest BCUT2D eigenvalue weighted by molar-refractivity contribution is 6.32. The number of benzene rings is 1. The van der Waals surface area contributed by atoms with Gasteiger partial charge in [0, 0.05) is 11.1 Å². The van der Waals surface area contributed by atoms with Crippen LogP contribution in [0.2, 0.25) is 5.02 Å². The van der Waals surface area contributed by atoms with E-state index in [0.29, 0.717) is 11.4 Å². The minimum Gasteiger partial charge on any atom is -0.394 e. The summed E-state index contributed by atoms with van der Waals surface area (Å²) in [5.41, 5.74) is 0.793. The molecule has 92 valence electrons. The molecule has 1 amide bonds. The molecule has 0 aliphatic rings. The highest BCUT2D eigenvalue weighted by Gasteiger charge is 2.06. The van der Waals surface area contributed by atoms with Gasteiger partial charge in [-0.25, -0.2) is 0 Å². The van der Waals surface area contributed by atoms with Crippen molar-refractivity contribution < 1.29 is 9.90 Å². The SMILES string of the molecule is CC[C@@H](CO)NC(=O)/C=C\c1ccccc1Cl. The van der Waals surface area contributed by atoms with E-state index in [1.165, 1.54) is 6.08 Å². The molecule has 0 unspecified atom stereocenters. The second-order valence-corrected chi connectivity index (χ2v) is 4.06. The molecule has 0 aromatic heterocycles. The smallest absolute Gasteiger partial charge is 0.244 e. The number of aliphatic hydroxyl groups is 1. The Morgan fingerprint density at radius 3 is 2.82 bits per heavy atom. The van der Waals surface area contributed by atoms with Gasteiger partial charge in [-0.2, -0.15) is 0 Å². The minimum absolute atomic E-state index is 0.0534. The standard InChI is InChI=1S/C13H16ClNO2/c1-2-11(9-16)15-13(17)8-7-10-5-3-4-6-12(10)14/h3-8,11,16H,2,9H2,1H3,(H,15,17)/b8-7-/t11-/m0/s1. The normalized spacial score (nSPS) is 12.6. The number of nitrogens with one attached hydrogen (secondary N) is 1. The molecule has 1 aromatic rings. The fraction of sp³-hybridized carbons (Fsp3) is 0.308. The van der Waals surface area contributed by atoms with Crippen molar-refractivity contribution in [2.24, 2.45) is 0 Å². The number of aliphatic hydroxyl groups excluding tert-OH is 1. The summed E-state index contributed by atoms with van der Waals surface area (Å²) in [7, 11) is 0. The van der Waals surface area contributed by atoms with Crippen LogP contribution in [0.1, 0.15) is 18.9 Å². The molecule has 0 aliphatic carbocycles. The molecule has 2 N–H and O–H groups in total. The molecule has 0 heterocycles. The average molecular weight is 254 g/mol. The Hall–Kier alpha value is -1.32. The first-order valence-electron chi connectivity index (χ1n) is 5.51. The average Bonchev–Trinajstić information content (AvgIpc) is 2.35. The lowest BCUT2D eigenvalue weighted by Crippen LogP contribution is -2.35. The zero-order valence-electron chi connectivity index (χ0n) is 9.69. The van der Waals surface area contributed by atoms with E-state index in [1.807, 2.05) is 25.1 Å². The van der Waals surface area contributed by atoms with Crippen LogP contribution < -0.4 is 5.32 Å². The van der Waals surface area contributed by atoms with Crippen LogP contribution >= 0.6 is 11.6 Å². The van der Waals surface area contributed by atoms with Crippen molar-refractivity contribution in [1.82, 2.24) is 5.32 Å². The van der Waals surface area contributed by atoms with Gasteiger partial charge >= 0.3 is 0 Å². The Morgan fingerprint density at radius 2 is 2.24 bits per heavy atom. The van der Waals surface area contributed by atoms with Crippen LogP contribution in [0.5, 0.6) is 0 Å². The highest BCUT2D eigenvalue weighted by Crippen LogP contribution is 2.15. The van der Waals surface area contributed by atoms with Gasteiger partial charge < -0.3 is 10.4 Å². The summed E-state index contributed by atoms with van der Waals surface area (Å²) in [4.78, 5) is 11.5. The van der Waals surface area contributed by atoms with Gasteiger partial charge in [-0.15, -0.1) is 0 Å². The number of amides is 1. The summed E-state index contributed by atoms with van der Waals surface area (Å²) >= 11 is 5.95. The van der Waals surface area contributed by atoms with Gasteiger partial charge in [-0.05, 0) is 24.1 Å². The summed E-state index contributed by atoms with van der Waals surface area (Å²) in [5.74, 6) is -0.231. The van der Waals surface area contributed by atoms with Crippen LogP contribution in [0.25, 0.3) is 6.08 Å². The molecule has 1 rings (SSSR count). The minimum atomic E-state index is -0.231. The molecule has 0 bridgehead atoms. The van der Waals surface area contributed by atoms with Gasteiger partial charge in [-0.1, -0.05) is 36.7 Å². The number of hydrogen-bond acceptors (Lipinski definition) is 2. The van der Waals surface area contributed by atoms with Crippen LogP contribution in [-0.4, -0.2) is 23.7 Å². The van der Waals surface area contributed by atoms with Gasteiger partial charge in [0.25, 0.3) is 0 Å². The van der Waals surface area contributed by atoms with E-state index in [1.54, 1.807) is 12.1 Å². The van der Waals surface area contributed by atoms with Crippen molar-refractivity contribution in [3.8, 4) is 0 Å². The second kappa shape index (κ2) is 7.09. The molecular formula is C13H16ClNO2. The van der Waals surface area contributed by atoms with Crippen LogP contribution in [0.15, 0.2) is 30.3 Å². The topological polar surface area (TPSA) is 49.3 Å². The van der Waals surface area contributed by atoms with Gasteiger partial charge in [0.15, 0.2) is 0 Å². The van der Waals surface area contributed by atoms with Crippen molar-refractivity contribution >= 4 is 23.6 Å². The fourth-order valence-electron chi connectivity index (χ4n) is 1.30. The van der Waals surface area contributed by atoms with Crippen molar-refractivity contribution in [2.45, 2.75) is 19.4 Å². The van der Waals surface area contributed by atoms with Crippen LogP contribution in [0.4, 0.5) is 0 Å². The lowest BCUT2D eigenvalue weighted by atomic mass is 10.2. The summed E-state index contributed by atoms with van der Waals surface area (Å²) in [6.07, 6.45) is 3.77. The highest BCUT2D eigenvalue weighted by atomic mass is 35.5. The maximum absolute atomic E-state index is 11.5. The first-order chi connectivity index (χ1) is 8.17. The van der Waals surface area contributed by atoms with Crippen LogP contribution in [0, 0.1) is 0 Å². The number of halogens is 1. The largest absolute Gasteiger partial charge is 0.394 e. The lowest BCUT2D eigenvalue weighted by molar-refractivity contribution is -0.117. The first-order valence-corrected chi connectivity index (χ1v) is 5.89.